The van der Waals surface area contributed by atoms with Crippen molar-refractivity contribution in [2.45, 2.75) is 39.7 Å². The smallest absolute Gasteiger partial charge is 0.0125 e. The molecule has 1 rings (SSSR count). The molecule has 0 spiro atoms. The van der Waals surface area contributed by atoms with Gasteiger partial charge in [0.2, 0.25) is 0 Å². The van der Waals surface area contributed by atoms with Crippen LogP contribution in [-0.2, 0) is 0 Å². The zero-order valence-electron chi connectivity index (χ0n) is 8.85. The van der Waals surface area contributed by atoms with E-state index >= 15 is 0 Å². The van der Waals surface area contributed by atoms with E-state index in [1.165, 1.54) is 13.0 Å². The van der Waals surface area contributed by atoms with Crippen molar-refractivity contribution in [2.24, 2.45) is 11.1 Å². The van der Waals surface area contributed by atoms with Crippen LogP contribution in [-0.4, -0.2) is 30.1 Å². The van der Waals surface area contributed by atoms with Crippen LogP contribution in [0.2, 0.25) is 0 Å². The van der Waals surface area contributed by atoms with Gasteiger partial charge in [0, 0.05) is 12.1 Å². The van der Waals surface area contributed by atoms with Gasteiger partial charge in [0.15, 0.2) is 0 Å². The number of likely N-dealkylation sites (tertiary alicyclic amines) is 1. The second kappa shape index (κ2) is 3.00. The predicted octanol–water partition coefficient (Wildman–Crippen LogP) is 1.46. The Morgan fingerprint density at radius 3 is 2.25 bits per heavy atom. The van der Waals surface area contributed by atoms with E-state index in [2.05, 4.69) is 32.6 Å². The fourth-order valence-electron chi connectivity index (χ4n) is 1.76. The molecule has 1 aliphatic rings. The lowest BCUT2D eigenvalue weighted by Crippen LogP contribution is -2.41. The molecule has 0 saturated carbocycles. The third-order valence-electron chi connectivity index (χ3n) is 3.00. The van der Waals surface area contributed by atoms with E-state index in [9.17, 15) is 0 Å². The van der Waals surface area contributed by atoms with E-state index < -0.39 is 0 Å². The van der Waals surface area contributed by atoms with Gasteiger partial charge in [-0.25, -0.2) is 0 Å². The third-order valence-corrected chi connectivity index (χ3v) is 3.00. The van der Waals surface area contributed by atoms with Crippen molar-refractivity contribution in [3.05, 3.63) is 0 Å². The first-order chi connectivity index (χ1) is 5.37. The number of hydrogen-bond acceptors (Lipinski definition) is 2. The van der Waals surface area contributed by atoms with Crippen molar-refractivity contribution < 1.29 is 0 Å². The molecule has 0 aromatic heterocycles. The highest BCUT2D eigenvalue weighted by atomic mass is 15.2. The van der Waals surface area contributed by atoms with Crippen LogP contribution in [0.3, 0.4) is 0 Å². The molecule has 2 N–H and O–H groups in total. The van der Waals surface area contributed by atoms with Crippen molar-refractivity contribution in [1.82, 2.24) is 4.90 Å². The summed E-state index contributed by atoms with van der Waals surface area (Å²) in [4.78, 5) is 2.53. The van der Waals surface area contributed by atoms with E-state index in [0.29, 0.717) is 11.0 Å². The molecule has 2 heteroatoms. The Hall–Kier alpha value is -0.0800. The molecular formula is C10H22N2. The van der Waals surface area contributed by atoms with Crippen LogP contribution >= 0.6 is 0 Å². The first-order valence-corrected chi connectivity index (χ1v) is 4.82. The standard InChI is InChI=1S/C10H22N2/c1-9(2,3)12-6-5-10(4,7-11)8-12/h5-8,11H2,1-4H3. The van der Waals surface area contributed by atoms with Crippen LogP contribution in [0.5, 0.6) is 0 Å². The van der Waals surface area contributed by atoms with Crippen molar-refractivity contribution in [2.75, 3.05) is 19.6 Å². The lowest BCUT2D eigenvalue weighted by atomic mass is 9.90. The van der Waals surface area contributed by atoms with E-state index in [-0.39, 0.29) is 0 Å². The summed E-state index contributed by atoms with van der Waals surface area (Å²) in [5, 5.41) is 0. The highest BCUT2D eigenvalue weighted by Crippen LogP contribution is 2.32. The Morgan fingerprint density at radius 2 is 2.00 bits per heavy atom. The Bertz CT molecular complexity index is 160. The van der Waals surface area contributed by atoms with E-state index in [1.54, 1.807) is 0 Å². The molecule has 1 heterocycles. The van der Waals surface area contributed by atoms with E-state index in [0.717, 1.165) is 13.1 Å². The fourth-order valence-corrected chi connectivity index (χ4v) is 1.76. The quantitative estimate of drug-likeness (QED) is 0.645. The summed E-state index contributed by atoms with van der Waals surface area (Å²) < 4.78 is 0. The van der Waals surface area contributed by atoms with Crippen LogP contribution in [0.15, 0.2) is 0 Å². The van der Waals surface area contributed by atoms with Gasteiger partial charge >= 0.3 is 0 Å². The Morgan fingerprint density at radius 1 is 1.42 bits per heavy atom. The molecule has 0 aliphatic carbocycles. The predicted molar refractivity (Wildman–Crippen MR) is 53.1 cm³/mol. The van der Waals surface area contributed by atoms with Gasteiger partial charge in [-0.3, -0.25) is 4.90 Å². The van der Waals surface area contributed by atoms with Gasteiger partial charge in [-0.2, -0.15) is 0 Å². The number of nitrogens with zero attached hydrogens (tertiary/aromatic N) is 1. The van der Waals surface area contributed by atoms with Gasteiger partial charge in [-0.05, 0) is 45.7 Å². The van der Waals surface area contributed by atoms with Crippen molar-refractivity contribution in [3.8, 4) is 0 Å². The zero-order chi connectivity index (χ0) is 9.41. The van der Waals surface area contributed by atoms with E-state index in [4.69, 9.17) is 5.73 Å². The molecule has 12 heavy (non-hydrogen) atoms. The monoisotopic (exact) mass is 170 g/mol. The maximum Gasteiger partial charge on any atom is 0.0125 e. The molecule has 0 aromatic carbocycles. The molecule has 1 fully saturated rings. The van der Waals surface area contributed by atoms with Crippen LogP contribution in [0, 0.1) is 5.41 Å². The molecule has 0 amide bonds. The van der Waals surface area contributed by atoms with Crippen LogP contribution < -0.4 is 5.73 Å². The third kappa shape index (κ3) is 1.99. The molecule has 0 aromatic rings. The summed E-state index contributed by atoms with van der Waals surface area (Å²) in [7, 11) is 0. The van der Waals surface area contributed by atoms with Crippen molar-refractivity contribution >= 4 is 0 Å². The molecule has 1 atom stereocenters. The highest BCUT2D eigenvalue weighted by Gasteiger charge is 2.36. The summed E-state index contributed by atoms with van der Waals surface area (Å²) >= 11 is 0. The molecule has 2 nitrogen and oxygen atoms in total. The summed E-state index contributed by atoms with van der Waals surface area (Å²) in [5.41, 5.74) is 6.43. The minimum Gasteiger partial charge on any atom is -0.330 e. The van der Waals surface area contributed by atoms with Gasteiger partial charge in [0.1, 0.15) is 0 Å². The molecule has 0 radical (unpaired) electrons. The second-order valence-electron chi connectivity index (χ2n) is 5.36. The maximum atomic E-state index is 5.75. The first-order valence-electron chi connectivity index (χ1n) is 4.82. The average molecular weight is 170 g/mol. The SMILES string of the molecule is CC1(CN)CCN(C(C)(C)C)C1. The molecule has 0 bridgehead atoms. The fraction of sp³-hybridized carbons (Fsp3) is 1.00. The normalized spacial score (nSPS) is 32.8. The largest absolute Gasteiger partial charge is 0.330 e. The average Bonchev–Trinajstić information content (AvgIpc) is 2.32. The van der Waals surface area contributed by atoms with Gasteiger partial charge in [0.25, 0.3) is 0 Å². The summed E-state index contributed by atoms with van der Waals surface area (Å²) in [6.07, 6.45) is 1.25. The summed E-state index contributed by atoms with van der Waals surface area (Å²) in [5.74, 6) is 0. The van der Waals surface area contributed by atoms with Gasteiger partial charge < -0.3 is 5.73 Å². The Labute approximate surface area is 76.1 Å². The number of nitrogens with two attached hydrogens (primary N) is 1. The van der Waals surface area contributed by atoms with Crippen LogP contribution in [0.1, 0.15) is 34.1 Å². The molecule has 1 unspecified atom stereocenters. The van der Waals surface area contributed by atoms with Crippen LogP contribution in [0.25, 0.3) is 0 Å². The lowest BCUT2D eigenvalue weighted by molar-refractivity contribution is 0.154. The minimum atomic E-state index is 0.312. The molecule has 72 valence electrons. The topological polar surface area (TPSA) is 29.3 Å². The zero-order valence-corrected chi connectivity index (χ0v) is 8.85. The highest BCUT2D eigenvalue weighted by molar-refractivity contribution is 4.92. The molecular weight excluding hydrogens is 148 g/mol. The van der Waals surface area contributed by atoms with Gasteiger partial charge in [-0.15, -0.1) is 0 Å². The first kappa shape index (κ1) is 10.0. The van der Waals surface area contributed by atoms with Crippen LogP contribution in [0.4, 0.5) is 0 Å². The minimum absolute atomic E-state index is 0.312. The van der Waals surface area contributed by atoms with Gasteiger partial charge in [-0.1, -0.05) is 6.92 Å². The summed E-state index contributed by atoms with van der Waals surface area (Å²) in [6, 6.07) is 0. The van der Waals surface area contributed by atoms with Crippen molar-refractivity contribution in [3.63, 3.8) is 0 Å². The Kier molecular flexibility index (Phi) is 2.50. The second-order valence-corrected chi connectivity index (χ2v) is 5.36. The van der Waals surface area contributed by atoms with E-state index in [1.807, 2.05) is 0 Å². The van der Waals surface area contributed by atoms with Gasteiger partial charge in [0.05, 0.1) is 0 Å². The number of hydrogen-bond donors (Lipinski definition) is 1. The maximum absolute atomic E-state index is 5.75. The Balaban J connectivity index is 2.57. The molecule has 1 aliphatic heterocycles. The lowest BCUT2D eigenvalue weighted by Gasteiger charge is -2.33. The molecule has 1 saturated heterocycles. The number of rotatable bonds is 1. The summed E-state index contributed by atoms with van der Waals surface area (Å²) in [6.45, 7) is 12.3. The van der Waals surface area contributed by atoms with Crippen molar-refractivity contribution in [1.29, 1.82) is 0 Å².